The van der Waals surface area contributed by atoms with Crippen molar-refractivity contribution in [2.75, 3.05) is 43.5 Å². The van der Waals surface area contributed by atoms with Gasteiger partial charge in [-0.2, -0.15) is 0 Å². The fourth-order valence-electron chi connectivity index (χ4n) is 4.29. The molecule has 0 unspecified atom stereocenters. The number of hydrogen-bond donors (Lipinski definition) is 3. The molecule has 4 rings (SSSR count). The number of piperidine rings is 1. The molecule has 1 aliphatic heterocycles. The van der Waals surface area contributed by atoms with Crippen LogP contribution in [0.25, 0.3) is 0 Å². The number of nitrogens with one attached hydrogen (secondary N) is 2. The Labute approximate surface area is 213 Å². The van der Waals surface area contributed by atoms with Crippen molar-refractivity contribution in [1.82, 2.24) is 14.9 Å². The topological polar surface area (TPSA) is 134 Å². The number of amides is 3. The molecule has 3 aromatic rings. The maximum atomic E-state index is 13.6. The van der Waals surface area contributed by atoms with Crippen molar-refractivity contribution in [1.29, 1.82) is 0 Å². The number of hydrogen-bond acceptors (Lipinski definition) is 6. The summed E-state index contributed by atoms with van der Waals surface area (Å²) in [7, 11) is 1.45. The third-order valence-corrected chi connectivity index (χ3v) is 6.27. The second kappa shape index (κ2) is 11.7. The molecule has 1 aromatic heterocycles. The highest BCUT2D eigenvalue weighted by molar-refractivity contribution is 6.11. The average Bonchev–Trinajstić information content (AvgIpc) is 3.41. The number of H-pyrrole nitrogens is 1. The van der Waals surface area contributed by atoms with Crippen LogP contribution in [0.2, 0.25) is 0 Å². The minimum atomic E-state index is -0.784. The van der Waals surface area contributed by atoms with Crippen molar-refractivity contribution in [2.24, 2.45) is 5.73 Å². The summed E-state index contributed by atoms with van der Waals surface area (Å²) >= 11 is 0. The molecule has 0 atom stereocenters. The van der Waals surface area contributed by atoms with Gasteiger partial charge >= 0.3 is 0 Å². The van der Waals surface area contributed by atoms with Crippen LogP contribution < -0.4 is 20.7 Å². The average molecular weight is 509 g/mol. The number of aromatic nitrogens is 2. The number of methoxy groups -OCH3 is 1. The van der Waals surface area contributed by atoms with Crippen molar-refractivity contribution in [3.63, 3.8) is 0 Å². The molecule has 2 heterocycles. The van der Waals surface area contributed by atoms with Crippen molar-refractivity contribution in [3.8, 4) is 5.75 Å². The number of rotatable bonds is 9. The first-order valence-electron chi connectivity index (χ1n) is 12.0. The lowest BCUT2D eigenvalue weighted by atomic mass is 10.1. The first kappa shape index (κ1) is 25.8. The van der Waals surface area contributed by atoms with E-state index < -0.39 is 23.5 Å². The molecule has 3 amide bonds. The zero-order valence-corrected chi connectivity index (χ0v) is 20.5. The predicted molar refractivity (Wildman–Crippen MR) is 136 cm³/mol. The molecular formula is C26H29FN6O4. The third kappa shape index (κ3) is 6.12. The quantitative estimate of drug-likeness (QED) is 0.407. The number of halogens is 1. The van der Waals surface area contributed by atoms with Crippen molar-refractivity contribution in [2.45, 2.75) is 19.3 Å². The summed E-state index contributed by atoms with van der Waals surface area (Å²) < 4.78 is 18.7. The van der Waals surface area contributed by atoms with Gasteiger partial charge in [-0.15, -0.1) is 0 Å². The number of ether oxygens (including phenoxy) is 1. The second-order valence-electron chi connectivity index (χ2n) is 8.70. The van der Waals surface area contributed by atoms with Gasteiger partial charge in [-0.1, -0.05) is 6.42 Å². The molecule has 1 saturated heterocycles. The summed E-state index contributed by atoms with van der Waals surface area (Å²) in [6.45, 7) is 2.88. The molecular weight excluding hydrogens is 479 g/mol. The number of likely N-dealkylation sites (tertiary alicyclic amines) is 1. The molecule has 0 spiro atoms. The Balaban J connectivity index is 1.61. The maximum Gasteiger partial charge on any atom is 0.279 e. The number of carbonyl (C=O) groups is 3. The van der Waals surface area contributed by atoms with E-state index in [9.17, 15) is 18.8 Å². The van der Waals surface area contributed by atoms with Gasteiger partial charge in [0.15, 0.2) is 5.69 Å². The van der Waals surface area contributed by atoms with Crippen LogP contribution in [0.5, 0.6) is 5.75 Å². The van der Waals surface area contributed by atoms with E-state index in [1.54, 1.807) is 18.2 Å². The Morgan fingerprint density at radius 2 is 1.86 bits per heavy atom. The first-order valence-corrected chi connectivity index (χ1v) is 12.0. The van der Waals surface area contributed by atoms with Gasteiger partial charge in [0, 0.05) is 30.4 Å². The van der Waals surface area contributed by atoms with E-state index in [0.29, 0.717) is 30.2 Å². The molecule has 10 nitrogen and oxygen atoms in total. The monoisotopic (exact) mass is 508 g/mol. The van der Waals surface area contributed by atoms with Crippen LogP contribution in [-0.4, -0.2) is 65.9 Å². The SMILES string of the molecule is COc1cc(N(CCN2CCCCC2)C(=O)c2nc[nH]c2C(N)=O)ccc1NC(=O)c1ccc(F)cc1. The number of primary amides is 1. The molecule has 4 N–H and O–H groups in total. The molecule has 1 aliphatic rings. The first-order chi connectivity index (χ1) is 17.9. The van der Waals surface area contributed by atoms with Gasteiger partial charge in [0.25, 0.3) is 17.7 Å². The van der Waals surface area contributed by atoms with Gasteiger partial charge in [0.2, 0.25) is 0 Å². The van der Waals surface area contributed by atoms with Crippen molar-refractivity contribution < 1.29 is 23.5 Å². The van der Waals surface area contributed by atoms with Crippen LogP contribution in [-0.2, 0) is 0 Å². The molecule has 37 heavy (non-hydrogen) atoms. The normalized spacial score (nSPS) is 13.7. The van der Waals surface area contributed by atoms with Crippen LogP contribution in [0.4, 0.5) is 15.8 Å². The number of carbonyl (C=O) groups excluding carboxylic acids is 3. The molecule has 0 saturated carbocycles. The highest BCUT2D eigenvalue weighted by atomic mass is 19.1. The minimum absolute atomic E-state index is 0.0666. The van der Waals surface area contributed by atoms with Gasteiger partial charge in [-0.25, -0.2) is 9.37 Å². The lowest BCUT2D eigenvalue weighted by molar-refractivity contribution is 0.0952. The molecule has 194 valence electrons. The van der Waals surface area contributed by atoms with E-state index in [2.05, 4.69) is 20.2 Å². The number of imidazole rings is 1. The lowest BCUT2D eigenvalue weighted by Gasteiger charge is -2.30. The summed E-state index contributed by atoms with van der Waals surface area (Å²) in [5.74, 6) is -1.83. The van der Waals surface area contributed by atoms with Crippen LogP contribution in [0.1, 0.15) is 50.6 Å². The van der Waals surface area contributed by atoms with E-state index in [1.807, 2.05) is 0 Å². The van der Waals surface area contributed by atoms with Crippen LogP contribution >= 0.6 is 0 Å². The summed E-state index contributed by atoms with van der Waals surface area (Å²) in [5, 5.41) is 2.75. The number of nitrogens with zero attached hydrogens (tertiary/aromatic N) is 3. The van der Waals surface area contributed by atoms with Crippen LogP contribution in [0.3, 0.4) is 0 Å². The zero-order valence-electron chi connectivity index (χ0n) is 20.5. The van der Waals surface area contributed by atoms with Crippen LogP contribution in [0.15, 0.2) is 48.8 Å². The fraction of sp³-hybridized carbons (Fsp3) is 0.308. The molecule has 0 radical (unpaired) electrons. The summed E-state index contributed by atoms with van der Waals surface area (Å²) in [4.78, 5) is 48.5. The standard InChI is InChI=1S/C26H29FN6O4/c1-37-21-15-19(9-10-20(21)31-25(35)17-5-7-18(27)8-6-17)33(14-13-32-11-3-2-4-12-32)26(36)23-22(24(28)34)29-16-30-23/h5-10,15-16H,2-4,11-14H2,1H3,(H2,28,34)(H,29,30)(H,31,35). The predicted octanol–water partition coefficient (Wildman–Crippen LogP) is 3.04. The zero-order chi connectivity index (χ0) is 26.4. The summed E-state index contributed by atoms with van der Waals surface area (Å²) in [6.07, 6.45) is 4.66. The fourth-order valence-corrected chi connectivity index (χ4v) is 4.29. The van der Waals surface area contributed by atoms with E-state index >= 15 is 0 Å². The highest BCUT2D eigenvalue weighted by Gasteiger charge is 2.26. The van der Waals surface area contributed by atoms with E-state index in [1.165, 1.54) is 49.0 Å². The van der Waals surface area contributed by atoms with Gasteiger partial charge < -0.3 is 30.6 Å². The van der Waals surface area contributed by atoms with E-state index in [-0.39, 0.29) is 17.0 Å². The van der Waals surface area contributed by atoms with Gasteiger partial charge in [-0.3, -0.25) is 14.4 Å². The van der Waals surface area contributed by atoms with Gasteiger partial charge in [0.05, 0.1) is 19.1 Å². The largest absolute Gasteiger partial charge is 0.494 e. The van der Waals surface area contributed by atoms with Crippen LogP contribution in [0, 0.1) is 5.82 Å². The molecule has 11 heteroatoms. The molecule has 0 bridgehead atoms. The van der Waals surface area contributed by atoms with E-state index in [4.69, 9.17) is 10.5 Å². The third-order valence-electron chi connectivity index (χ3n) is 6.27. The molecule has 0 aliphatic carbocycles. The molecule has 2 aromatic carbocycles. The van der Waals surface area contributed by atoms with Gasteiger partial charge in [0.1, 0.15) is 17.3 Å². The number of aromatic amines is 1. The Hall–Kier alpha value is -4.25. The number of nitrogens with two attached hydrogens (primary N) is 1. The van der Waals surface area contributed by atoms with Crippen molar-refractivity contribution >= 4 is 29.1 Å². The van der Waals surface area contributed by atoms with Gasteiger partial charge in [-0.05, 0) is 62.3 Å². The minimum Gasteiger partial charge on any atom is -0.494 e. The smallest absolute Gasteiger partial charge is 0.279 e. The van der Waals surface area contributed by atoms with E-state index in [0.717, 1.165) is 25.9 Å². The highest BCUT2D eigenvalue weighted by Crippen LogP contribution is 2.31. The summed E-state index contributed by atoms with van der Waals surface area (Å²) in [6, 6.07) is 10.1. The Kier molecular flexibility index (Phi) is 8.14. The number of benzene rings is 2. The Bertz CT molecular complexity index is 1270. The number of anilines is 2. The Morgan fingerprint density at radius 1 is 1.14 bits per heavy atom. The second-order valence-corrected chi connectivity index (χ2v) is 8.70. The van der Waals surface area contributed by atoms with Crippen molar-refractivity contribution in [3.05, 3.63) is 71.6 Å². The molecule has 1 fully saturated rings. The summed E-state index contributed by atoms with van der Waals surface area (Å²) in [5.41, 5.74) is 6.44. The lowest BCUT2D eigenvalue weighted by Crippen LogP contribution is -2.41. The maximum absolute atomic E-state index is 13.6. The Morgan fingerprint density at radius 3 is 2.54 bits per heavy atom.